The maximum Gasteiger partial charge on any atom is 0.229 e. The largest absolute Gasteiger partial charge is 0.380 e. The van der Waals surface area contributed by atoms with Gasteiger partial charge in [0.2, 0.25) is 5.91 Å². The zero-order chi connectivity index (χ0) is 17.5. The first-order valence-corrected chi connectivity index (χ1v) is 8.14. The number of anilines is 2. The summed E-state index contributed by atoms with van der Waals surface area (Å²) in [5.41, 5.74) is 4.12. The molecule has 0 aliphatic carbocycles. The lowest BCUT2D eigenvalue weighted by molar-refractivity contribution is -0.115. The summed E-state index contributed by atoms with van der Waals surface area (Å²) in [6, 6.07) is 15.5. The third-order valence-corrected chi connectivity index (χ3v) is 3.86. The molecular formula is C20H20N4O. The molecule has 0 fully saturated rings. The first kappa shape index (κ1) is 16.6. The Labute approximate surface area is 147 Å². The highest BCUT2D eigenvalue weighted by molar-refractivity contribution is 5.91. The van der Waals surface area contributed by atoms with Crippen LogP contribution < -0.4 is 10.6 Å². The summed E-state index contributed by atoms with van der Waals surface area (Å²) in [4.78, 5) is 20.5. The Kier molecular flexibility index (Phi) is 5.36. The third-order valence-electron chi connectivity index (χ3n) is 3.86. The lowest BCUT2D eigenvalue weighted by Crippen LogP contribution is -2.15. The molecule has 3 rings (SSSR count). The highest BCUT2D eigenvalue weighted by Crippen LogP contribution is 2.13. The number of amides is 1. The van der Waals surface area contributed by atoms with E-state index in [2.05, 4.69) is 20.6 Å². The van der Waals surface area contributed by atoms with E-state index in [9.17, 15) is 4.79 Å². The first-order chi connectivity index (χ1) is 12.2. The molecule has 5 heteroatoms. The number of hydrogen-bond acceptors (Lipinski definition) is 4. The summed E-state index contributed by atoms with van der Waals surface area (Å²) in [5, 5.41) is 6.10. The number of nitrogens with zero attached hydrogens (tertiary/aromatic N) is 2. The van der Waals surface area contributed by atoms with Crippen molar-refractivity contribution in [1.29, 1.82) is 0 Å². The highest BCUT2D eigenvalue weighted by atomic mass is 16.1. The van der Waals surface area contributed by atoms with Gasteiger partial charge in [0.05, 0.1) is 18.3 Å². The highest BCUT2D eigenvalue weighted by Gasteiger charge is 2.06. The van der Waals surface area contributed by atoms with Crippen LogP contribution in [0.25, 0.3) is 0 Å². The summed E-state index contributed by atoms with van der Waals surface area (Å²) in [5.74, 6) is 0.475. The van der Waals surface area contributed by atoms with Crippen LogP contribution in [0.1, 0.15) is 16.7 Å². The molecule has 0 saturated carbocycles. The van der Waals surface area contributed by atoms with Crippen LogP contribution in [0.5, 0.6) is 0 Å². The number of hydrogen-bond donors (Lipinski definition) is 2. The zero-order valence-corrected chi connectivity index (χ0v) is 14.1. The summed E-state index contributed by atoms with van der Waals surface area (Å²) >= 11 is 0. The van der Waals surface area contributed by atoms with E-state index in [-0.39, 0.29) is 5.91 Å². The maximum absolute atomic E-state index is 12.2. The summed E-state index contributed by atoms with van der Waals surface area (Å²) in [6.45, 7) is 2.68. The van der Waals surface area contributed by atoms with Crippen LogP contribution in [-0.4, -0.2) is 15.9 Å². The standard InChI is InChI=1S/C20H20N4O/c1-15-5-2-3-7-17(15)11-20(25)24-19-9-8-18(14-23-19)22-13-16-6-4-10-21-12-16/h2-10,12,14,22H,11,13H2,1H3,(H,23,24,25). The first-order valence-electron chi connectivity index (χ1n) is 8.14. The number of benzene rings is 1. The van der Waals surface area contributed by atoms with Crippen LogP contribution in [-0.2, 0) is 17.8 Å². The predicted molar refractivity (Wildman–Crippen MR) is 99.3 cm³/mol. The maximum atomic E-state index is 12.2. The van der Waals surface area contributed by atoms with Crippen LogP contribution in [0.3, 0.4) is 0 Å². The third kappa shape index (κ3) is 4.88. The average Bonchev–Trinajstić information content (AvgIpc) is 2.64. The summed E-state index contributed by atoms with van der Waals surface area (Å²) in [7, 11) is 0. The van der Waals surface area contributed by atoms with Crippen molar-refractivity contribution in [3.8, 4) is 0 Å². The van der Waals surface area contributed by atoms with E-state index in [0.29, 0.717) is 18.8 Å². The van der Waals surface area contributed by atoms with Crippen LogP contribution in [0.2, 0.25) is 0 Å². The average molecular weight is 332 g/mol. The van der Waals surface area contributed by atoms with E-state index < -0.39 is 0 Å². The van der Waals surface area contributed by atoms with Gasteiger partial charge in [-0.1, -0.05) is 30.3 Å². The molecule has 5 nitrogen and oxygen atoms in total. The van der Waals surface area contributed by atoms with Gasteiger partial charge in [0.25, 0.3) is 0 Å². The molecule has 25 heavy (non-hydrogen) atoms. The molecule has 0 radical (unpaired) electrons. The van der Waals surface area contributed by atoms with E-state index in [1.807, 2.05) is 55.6 Å². The molecule has 2 aromatic heterocycles. The van der Waals surface area contributed by atoms with Crippen LogP contribution in [0.4, 0.5) is 11.5 Å². The monoisotopic (exact) mass is 332 g/mol. The van der Waals surface area contributed by atoms with E-state index in [1.54, 1.807) is 18.5 Å². The molecule has 126 valence electrons. The zero-order valence-electron chi connectivity index (χ0n) is 14.1. The molecule has 0 bridgehead atoms. The van der Waals surface area contributed by atoms with E-state index in [0.717, 1.165) is 22.4 Å². The minimum Gasteiger partial charge on any atom is -0.380 e. The van der Waals surface area contributed by atoms with Crippen molar-refractivity contribution in [1.82, 2.24) is 9.97 Å². The predicted octanol–water partition coefficient (Wildman–Crippen LogP) is 3.58. The quantitative estimate of drug-likeness (QED) is 0.724. The van der Waals surface area contributed by atoms with Crippen molar-refractivity contribution in [2.24, 2.45) is 0 Å². The van der Waals surface area contributed by atoms with Gasteiger partial charge in [0, 0.05) is 18.9 Å². The van der Waals surface area contributed by atoms with Crippen molar-refractivity contribution in [2.45, 2.75) is 19.9 Å². The van der Waals surface area contributed by atoms with Crippen molar-refractivity contribution in [3.05, 3.63) is 83.8 Å². The van der Waals surface area contributed by atoms with Gasteiger partial charge in [-0.3, -0.25) is 9.78 Å². The van der Waals surface area contributed by atoms with Crippen molar-refractivity contribution in [2.75, 3.05) is 10.6 Å². The lowest BCUT2D eigenvalue weighted by atomic mass is 10.1. The number of nitrogens with one attached hydrogen (secondary N) is 2. The molecule has 1 aromatic carbocycles. The Bertz CT molecular complexity index is 832. The fourth-order valence-electron chi connectivity index (χ4n) is 2.45. The lowest BCUT2D eigenvalue weighted by Gasteiger charge is -2.09. The minimum absolute atomic E-state index is 0.0714. The number of rotatable bonds is 6. The molecule has 0 spiro atoms. The minimum atomic E-state index is -0.0714. The van der Waals surface area contributed by atoms with Gasteiger partial charge in [-0.15, -0.1) is 0 Å². The van der Waals surface area contributed by atoms with E-state index in [1.165, 1.54) is 0 Å². The molecule has 2 N–H and O–H groups in total. The van der Waals surface area contributed by atoms with Crippen molar-refractivity contribution in [3.63, 3.8) is 0 Å². The Balaban J connectivity index is 1.53. The van der Waals surface area contributed by atoms with Gasteiger partial charge in [0.15, 0.2) is 0 Å². The molecular weight excluding hydrogens is 312 g/mol. The molecule has 0 saturated heterocycles. The molecule has 3 aromatic rings. The smallest absolute Gasteiger partial charge is 0.229 e. The normalized spacial score (nSPS) is 10.3. The second-order valence-electron chi connectivity index (χ2n) is 5.80. The number of pyridine rings is 2. The van der Waals surface area contributed by atoms with E-state index in [4.69, 9.17) is 0 Å². The number of aryl methyl sites for hydroxylation is 1. The SMILES string of the molecule is Cc1ccccc1CC(=O)Nc1ccc(NCc2cccnc2)cn1. The van der Waals surface area contributed by atoms with Gasteiger partial charge >= 0.3 is 0 Å². The summed E-state index contributed by atoms with van der Waals surface area (Å²) in [6.07, 6.45) is 5.62. The molecule has 0 aliphatic rings. The summed E-state index contributed by atoms with van der Waals surface area (Å²) < 4.78 is 0. The molecule has 0 atom stereocenters. The fraction of sp³-hybridized carbons (Fsp3) is 0.150. The second-order valence-corrected chi connectivity index (χ2v) is 5.80. The van der Waals surface area contributed by atoms with Crippen LogP contribution in [0.15, 0.2) is 67.1 Å². The molecule has 2 heterocycles. The Morgan fingerprint density at radius 3 is 2.64 bits per heavy atom. The molecule has 1 amide bonds. The Hall–Kier alpha value is -3.21. The molecule has 0 aliphatic heterocycles. The fourth-order valence-corrected chi connectivity index (χ4v) is 2.45. The van der Waals surface area contributed by atoms with Gasteiger partial charge < -0.3 is 10.6 Å². The van der Waals surface area contributed by atoms with Crippen LogP contribution in [0, 0.1) is 6.92 Å². The molecule has 0 unspecified atom stereocenters. The van der Waals surface area contributed by atoms with Crippen molar-refractivity contribution >= 4 is 17.4 Å². The van der Waals surface area contributed by atoms with Gasteiger partial charge in [-0.2, -0.15) is 0 Å². The Morgan fingerprint density at radius 1 is 1.04 bits per heavy atom. The van der Waals surface area contributed by atoms with Crippen LogP contribution >= 0.6 is 0 Å². The van der Waals surface area contributed by atoms with Gasteiger partial charge in [-0.05, 0) is 41.8 Å². The number of aromatic nitrogens is 2. The number of carbonyl (C=O) groups excluding carboxylic acids is 1. The second kappa shape index (κ2) is 8.06. The van der Waals surface area contributed by atoms with Gasteiger partial charge in [0.1, 0.15) is 5.82 Å². The number of carbonyl (C=O) groups is 1. The van der Waals surface area contributed by atoms with Gasteiger partial charge in [-0.25, -0.2) is 4.98 Å². The van der Waals surface area contributed by atoms with E-state index >= 15 is 0 Å². The Morgan fingerprint density at radius 2 is 1.92 bits per heavy atom. The van der Waals surface area contributed by atoms with Crippen molar-refractivity contribution < 1.29 is 4.79 Å². The topological polar surface area (TPSA) is 66.9 Å².